The van der Waals surface area contributed by atoms with Crippen molar-refractivity contribution in [1.82, 2.24) is 23.7 Å². The highest BCUT2D eigenvalue weighted by Gasteiger charge is 2.43. The number of amides is 1. The van der Waals surface area contributed by atoms with Gasteiger partial charge in [-0.05, 0) is 98.2 Å². The van der Waals surface area contributed by atoms with E-state index >= 15 is 0 Å². The normalized spacial score (nSPS) is 15.4. The second-order valence-corrected chi connectivity index (χ2v) is 16.7. The SMILES string of the molecule is Cc1ccc(S(=O)(=O)n2cc(-c3ccc(C(=O)N(C)C)c(C)c3)c3nc(-c4cc(C)c5c(c4)CN(CCC(=O)CC4(CO)CC4)CC5)cnc32)cc1. The van der Waals surface area contributed by atoms with Crippen LogP contribution < -0.4 is 0 Å². The third kappa shape index (κ3) is 6.80. The second-order valence-electron chi connectivity index (χ2n) is 14.9. The molecule has 270 valence electrons. The summed E-state index contributed by atoms with van der Waals surface area (Å²) in [7, 11) is -0.605. The molecule has 11 heteroatoms. The molecule has 1 aliphatic heterocycles. The fourth-order valence-corrected chi connectivity index (χ4v) is 8.62. The van der Waals surface area contributed by atoms with Crippen LogP contribution in [0.5, 0.6) is 0 Å². The van der Waals surface area contributed by atoms with Crippen molar-refractivity contribution in [1.29, 1.82) is 0 Å². The summed E-state index contributed by atoms with van der Waals surface area (Å²) in [6.45, 7) is 8.24. The van der Waals surface area contributed by atoms with Gasteiger partial charge in [-0.2, -0.15) is 0 Å². The van der Waals surface area contributed by atoms with Gasteiger partial charge in [-0.15, -0.1) is 0 Å². The molecule has 5 aromatic rings. The molecule has 0 radical (unpaired) electrons. The van der Waals surface area contributed by atoms with E-state index in [9.17, 15) is 23.1 Å². The minimum absolute atomic E-state index is 0.0883. The summed E-state index contributed by atoms with van der Waals surface area (Å²) >= 11 is 0. The first-order valence-electron chi connectivity index (χ1n) is 17.8. The van der Waals surface area contributed by atoms with Crippen LogP contribution in [-0.2, 0) is 27.8 Å². The molecule has 1 aliphatic carbocycles. The van der Waals surface area contributed by atoms with Crippen molar-refractivity contribution in [3.63, 3.8) is 0 Å². The van der Waals surface area contributed by atoms with Crippen molar-refractivity contribution in [2.75, 3.05) is 33.8 Å². The first kappa shape index (κ1) is 35.7. The smallest absolute Gasteiger partial charge is 0.269 e. The molecule has 3 heterocycles. The monoisotopic (exact) mass is 719 g/mol. The number of nitrogens with zero attached hydrogens (tertiary/aromatic N) is 5. The quantitative estimate of drug-likeness (QED) is 0.174. The molecule has 1 N–H and O–H groups in total. The van der Waals surface area contributed by atoms with Gasteiger partial charge in [0.05, 0.1) is 16.8 Å². The average Bonchev–Trinajstić information content (AvgIpc) is 3.79. The van der Waals surface area contributed by atoms with Crippen LogP contribution in [0.4, 0.5) is 0 Å². The van der Waals surface area contributed by atoms with E-state index < -0.39 is 10.0 Å². The Kier molecular flexibility index (Phi) is 9.39. The third-order valence-electron chi connectivity index (χ3n) is 10.7. The lowest BCUT2D eigenvalue weighted by Gasteiger charge is -2.30. The van der Waals surface area contributed by atoms with Gasteiger partial charge in [-0.25, -0.2) is 22.4 Å². The van der Waals surface area contributed by atoms with Crippen molar-refractivity contribution in [3.05, 3.63) is 100 Å². The van der Waals surface area contributed by atoms with E-state index in [4.69, 9.17) is 9.97 Å². The topological polar surface area (TPSA) is 126 Å². The predicted octanol–water partition coefficient (Wildman–Crippen LogP) is 6.11. The summed E-state index contributed by atoms with van der Waals surface area (Å²) < 4.78 is 29.3. The number of Topliss-reactive ketones (excluding diaryl/α,β-unsaturated/α-hetero) is 1. The average molecular weight is 720 g/mol. The van der Waals surface area contributed by atoms with Gasteiger partial charge in [0, 0.05) is 81.5 Å². The summed E-state index contributed by atoms with van der Waals surface area (Å²) in [4.78, 5) is 39.4. The molecule has 0 saturated heterocycles. The molecule has 7 rings (SSSR count). The standard InChI is InChI=1S/C41H45N5O5S/c1-26-6-9-33(10-7-26)52(50,51)46-24-36(29-8-11-35(28(3)18-29)40(49)44(4)5)38-39(46)42-22-37(43-38)30-19-27(2)34-13-17-45(23-31(34)20-30)16-12-32(48)21-41(25-47)14-15-41/h6-11,18-20,22,24,47H,12-17,21,23,25H2,1-5H3. The number of hydrogen-bond acceptors (Lipinski definition) is 8. The van der Waals surface area contributed by atoms with Gasteiger partial charge in [0.25, 0.3) is 15.9 Å². The van der Waals surface area contributed by atoms with Crippen molar-refractivity contribution in [2.45, 2.75) is 64.3 Å². The molecule has 3 aromatic carbocycles. The highest BCUT2D eigenvalue weighted by atomic mass is 32.2. The summed E-state index contributed by atoms with van der Waals surface area (Å²) in [5, 5.41) is 9.64. The lowest BCUT2D eigenvalue weighted by molar-refractivity contribution is -0.121. The van der Waals surface area contributed by atoms with E-state index in [2.05, 4.69) is 24.0 Å². The first-order chi connectivity index (χ1) is 24.8. The molecule has 0 spiro atoms. The number of carbonyl (C=O) groups excluding carboxylic acids is 2. The zero-order valence-corrected chi connectivity index (χ0v) is 31.3. The largest absolute Gasteiger partial charge is 0.396 e. The maximum Gasteiger partial charge on any atom is 0.269 e. The predicted molar refractivity (Wildman–Crippen MR) is 202 cm³/mol. The molecule has 52 heavy (non-hydrogen) atoms. The molecule has 2 aliphatic rings. The number of fused-ring (bicyclic) bond motifs is 2. The number of aliphatic hydroxyl groups is 1. The van der Waals surface area contributed by atoms with Crippen molar-refractivity contribution >= 4 is 32.9 Å². The lowest BCUT2D eigenvalue weighted by Crippen LogP contribution is -2.33. The van der Waals surface area contributed by atoms with Gasteiger partial charge >= 0.3 is 0 Å². The van der Waals surface area contributed by atoms with E-state index in [-0.39, 0.29) is 34.3 Å². The number of aromatic nitrogens is 3. The van der Waals surface area contributed by atoms with Crippen LogP contribution >= 0.6 is 0 Å². The Labute approximate surface area is 305 Å². The van der Waals surface area contributed by atoms with Gasteiger partial charge in [-0.3, -0.25) is 14.5 Å². The fourth-order valence-electron chi connectivity index (χ4n) is 7.31. The second kappa shape index (κ2) is 13.7. The molecule has 1 fully saturated rings. The summed E-state index contributed by atoms with van der Waals surface area (Å²) in [6, 6.07) is 16.5. The van der Waals surface area contributed by atoms with Crippen LogP contribution in [0.3, 0.4) is 0 Å². The minimum atomic E-state index is -4.02. The van der Waals surface area contributed by atoms with Gasteiger partial charge in [0.1, 0.15) is 11.3 Å². The summed E-state index contributed by atoms with van der Waals surface area (Å²) in [5.74, 6) is 0.101. The lowest BCUT2D eigenvalue weighted by atomic mass is 9.91. The van der Waals surface area contributed by atoms with Crippen molar-refractivity contribution in [3.8, 4) is 22.4 Å². The summed E-state index contributed by atoms with van der Waals surface area (Å²) in [5.41, 5.74) is 9.21. The third-order valence-corrected chi connectivity index (χ3v) is 12.4. The Hall–Kier alpha value is -4.71. The highest BCUT2D eigenvalue weighted by molar-refractivity contribution is 7.90. The number of benzene rings is 3. The maximum absolute atomic E-state index is 14.1. The van der Waals surface area contributed by atoms with Crippen molar-refractivity contribution < 1.29 is 23.1 Å². The number of aryl methyl sites for hydroxylation is 3. The number of carbonyl (C=O) groups is 2. The summed E-state index contributed by atoms with van der Waals surface area (Å²) in [6.07, 6.45) is 6.90. The van der Waals surface area contributed by atoms with Crippen LogP contribution in [0.2, 0.25) is 0 Å². The molecule has 0 atom stereocenters. The van der Waals surface area contributed by atoms with E-state index in [1.54, 1.807) is 56.8 Å². The molecule has 0 bridgehead atoms. The molecule has 1 saturated carbocycles. The molecule has 10 nitrogen and oxygen atoms in total. The van der Waals surface area contributed by atoms with E-state index in [1.165, 1.54) is 20.0 Å². The first-order valence-corrected chi connectivity index (χ1v) is 19.2. The van der Waals surface area contributed by atoms with Crippen molar-refractivity contribution in [2.24, 2.45) is 5.41 Å². The Balaban J connectivity index is 1.26. The van der Waals surface area contributed by atoms with Gasteiger partial charge < -0.3 is 10.0 Å². The van der Waals surface area contributed by atoms with E-state index in [0.717, 1.165) is 53.6 Å². The number of rotatable bonds is 11. The zero-order valence-electron chi connectivity index (χ0n) is 30.4. The van der Waals surface area contributed by atoms with Gasteiger partial charge in [0.2, 0.25) is 0 Å². The molecule has 1 amide bonds. The molecular weight excluding hydrogens is 675 g/mol. The fraction of sp³-hybridized carbons (Fsp3) is 0.366. The molecule has 0 unspecified atom stereocenters. The Morgan fingerprint density at radius 1 is 0.962 bits per heavy atom. The van der Waals surface area contributed by atoms with Crippen LogP contribution in [0, 0.1) is 26.2 Å². The van der Waals surface area contributed by atoms with E-state index in [0.29, 0.717) is 48.3 Å². The van der Waals surface area contributed by atoms with E-state index in [1.807, 2.05) is 26.0 Å². The van der Waals surface area contributed by atoms with Crippen LogP contribution in [-0.4, -0.2) is 82.7 Å². The highest BCUT2D eigenvalue weighted by Crippen LogP contribution is 2.48. The number of aliphatic hydroxyl groups excluding tert-OH is 1. The Morgan fingerprint density at radius 3 is 2.37 bits per heavy atom. The number of ketones is 1. The zero-order chi connectivity index (χ0) is 36.9. The van der Waals surface area contributed by atoms with Gasteiger partial charge in [0.15, 0.2) is 5.65 Å². The number of hydrogen-bond donors (Lipinski definition) is 1. The van der Waals surface area contributed by atoms with Crippen LogP contribution in [0.15, 0.2) is 71.9 Å². The van der Waals surface area contributed by atoms with Crippen LogP contribution in [0.1, 0.15) is 63.9 Å². The molecule has 2 aromatic heterocycles. The van der Waals surface area contributed by atoms with Crippen LogP contribution in [0.25, 0.3) is 33.5 Å². The van der Waals surface area contributed by atoms with Gasteiger partial charge in [-0.1, -0.05) is 29.8 Å². The molecular formula is C41H45N5O5S. The Morgan fingerprint density at radius 2 is 1.69 bits per heavy atom. The maximum atomic E-state index is 14.1. The minimum Gasteiger partial charge on any atom is -0.396 e. The Bertz CT molecular complexity index is 2320.